The van der Waals surface area contributed by atoms with E-state index >= 15 is 0 Å². The van der Waals surface area contributed by atoms with Gasteiger partial charge in [-0.1, -0.05) is 166 Å². The molecule has 0 aliphatic heterocycles. The van der Waals surface area contributed by atoms with E-state index in [1.807, 2.05) is 19.9 Å². The highest BCUT2D eigenvalue weighted by molar-refractivity contribution is 5.99. The van der Waals surface area contributed by atoms with Crippen LogP contribution in [0.1, 0.15) is 19.4 Å². The molecular weight excluding hydrogens is 593 g/mol. The number of benzene rings is 7. The molecule has 240 valence electrons. The van der Waals surface area contributed by atoms with Crippen molar-refractivity contribution in [1.29, 1.82) is 0 Å². The van der Waals surface area contributed by atoms with Gasteiger partial charge in [0.2, 0.25) is 0 Å². The number of anilines is 5. The minimum atomic E-state index is 0.716. The van der Waals surface area contributed by atoms with Crippen molar-refractivity contribution in [3.63, 3.8) is 0 Å². The normalized spacial score (nSPS) is 11.3. The highest BCUT2D eigenvalue weighted by Gasteiger charge is 2.15. The lowest BCUT2D eigenvalue weighted by Crippen LogP contribution is -2.17. The van der Waals surface area contributed by atoms with Gasteiger partial charge in [0, 0.05) is 40.1 Å². The Balaban J connectivity index is 0.00000205. The summed E-state index contributed by atoms with van der Waals surface area (Å²) < 4.78 is 0. The summed E-state index contributed by atoms with van der Waals surface area (Å²) in [5.41, 5.74) is 7.95. The SMILES string of the molecule is C=C/C=C(\C=C/CN(c1ccccc1)c1cccc2ccccc12)c1ccc(N(c2ccccc2)c2cccc3ccccc23)cc1.CC. The molecule has 7 rings (SSSR count). The summed E-state index contributed by atoms with van der Waals surface area (Å²) in [6.45, 7) is 8.74. The van der Waals surface area contributed by atoms with E-state index in [0.29, 0.717) is 6.54 Å². The molecule has 0 fully saturated rings. The Morgan fingerprint density at radius 1 is 0.510 bits per heavy atom. The minimum absolute atomic E-state index is 0.716. The summed E-state index contributed by atoms with van der Waals surface area (Å²) in [6.07, 6.45) is 8.39. The highest BCUT2D eigenvalue weighted by Crippen LogP contribution is 2.39. The zero-order valence-corrected chi connectivity index (χ0v) is 28.3. The van der Waals surface area contributed by atoms with Crippen LogP contribution in [0, 0.1) is 0 Å². The van der Waals surface area contributed by atoms with E-state index in [-0.39, 0.29) is 0 Å². The Labute approximate surface area is 291 Å². The van der Waals surface area contributed by atoms with Crippen molar-refractivity contribution < 1.29 is 0 Å². The average Bonchev–Trinajstić information content (AvgIpc) is 3.18. The topological polar surface area (TPSA) is 6.48 Å². The first-order chi connectivity index (χ1) is 24.3. The summed E-state index contributed by atoms with van der Waals surface area (Å²) >= 11 is 0. The zero-order chi connectivity index (χ0) is 33.8. The van der Waals surface area contributed by atoms with Crippen LogP contribution in [0.15, 0.2) is 201 Å². The van der Waals surface area contributed by atoms with Crippen molar-refractivity contribution in [3.05, 3.63) is 206 Å². The van der Waals surface area contributed by atoms with Crippen LogP contribution in [0.2, 0.25) is 0 Å². The highest BCUT2D eigenvalue weighted by atomic mass is 15.1. The third-order valence-corrected chi connectivity index (χ3v) is 8.49. The molecule has 2 nitrogen and oxygen atoms in total. The molecule has 0 spiro atoms. The van der Waals surface area contributed by atoms with E-state index in [2.05, 4.69) is 204 Å². The number of nitrogens with zero attached hydrogens (tertiary/aromatic N) is 2. The summed E-state index contributed by atoms with van der Waals surface area (Å²) in [5.74, 6) is 0. The van der Waals surface area contributed by atoms with Crippen molar-refractivity contribution in [2.24, 2.45) is 0 Å². The molecule has 7 aromatic rings. The maximum atomic E-state index is 4.02. The van der Waals surface area contributed by atoms with Crippen LogP contribution in [0.4, 0.5) is 28.4 Å². The van der Waals surface area contributed by atoms with E-state index in [4.69, 9.17) is 0 Å². The molecule has 0 amide bonds. The van der Waals surface area contributed by atoms with E-state index in [1.165, 1.54) is 27.2 Å². The maximum Gasteiger partial charge on any atom is 0.0540 e. The first-order valence-corrected chi connectivity index (χ1v) is 17.0. The molecule has 0 saturated heterocycles. The van der Waals surface area contributed by atoms with E-state index in [1.54, 1.807) is 0 Å². The summed E-state index contributed by atoms with van der Waals surface area (Å²) in [4.78, 5) is 4.70. The van der Waals surface area contributed by atoms with Crippen LogP contribution in [-0.4, -0.2) is 6.54 Å². The molecule has 0 aliphatic rings. The van der Waals surface area contributed by atoms with Gasteiger partial charge in [-0.05, 0) is 70.4 Å². The van der Waals surface area contributed by atoms with E-state index in [9.17, 15) is 0 Å². The van der Waals surface area contributed by atoms with Gasteiger partial charge in [-0.25, -0.2) is 0 Å². The number of rotatable bonds is 10. The Bertz CT molecular complexity index is 2170. The van der Waals surface area contributed by atoms with E-state index in [0.717, 1.165) is 33.9 Å². The van der Waals surface area contributed by atoms with Gasteiger partial charge in [0.25, 0.3) is 0 Å². The van der Waals surface area contributed by atoms with Gasteiger partial charge in [0.05, 0.1) is 5.69 Å². The molecule has 0 heterocycles. The molecule has 0 saturated carbocycles. The van der Waals surface area contributed by atoms with Crippen molar-refractivity contribution in [2.45, 2.75) is 13.8 Å². The molecule has 0 aliphatic carbocycles. The Morgan fingerprint density at radius 3 is 1.61 bits per heavy atom. The van der Waals surface area contributed by atoms with Gasteiger partial charge >= 0.3 is 0 Å². The Morgan fingerprint density at radius 2 is 1.00 bits per heavy atom. The Kier molecular flexibility index (Phi) is 10.8. The first kappa shape index (κ1) is 32.8. The fourth-order valence-electron chi connectivity index (χ4n) is 6.27. The van der Waals surface area contributed by atoms with E-state index < -0.39 is 0 Å². The zero-order valence-electron chi connectivity index (χ0n) is 28.3. The van der Waals surface area contributed by atoms with Crippen molar-refractivity contribution in [2.75, 3.05) is 16.3 Å². The maximum absolute atomic E-state index is 4.02. The predicted molar refractivity (Wildman–Crippen MR) is 215 cm³/mol. The molecule has 0 unspecified atom stereocenters. The number of hydrogen-bond donors (Lipinski definition) is 0. The molecule has 0 radical (unpaired) electrons. The van der Waals surface area contributed by atoms with Crippen molar-refractivity contribution in [3.8, 4) is 0 Å². The third-order valence-electron chi connectivity index (χ3n) is 8.49. The largest absolute Gasteiger partial charge is 0.337 e. The second-order valence-electron chi connectivity index (χ2n) is 11.4. The second kappa shape index (κ2) is 16.1. The van der Waals surface area contributed by atoms with Gasteiger partial charge in [0.1, 0.15) is 0 Å². The smallest absolute Gasteiger partial charge is 0.0540 e. The van der Waals surface area contributed by atoms with Gasteiger partial charge < -0.3 is 9.80 Å². The number of hydrogen-bond acceptors (Lipinski definition) is 2. The summed E-state index contributed by atoms with van der Waals surface area (Å²) in [6, 6.07) is 60.2. The van der Waals surface area contributed by atoms with Gasteiger partial charge in [0.15, 0.2) is 0 Å². The monoisotopic (exact) mass is 634 g/mol. The number of para-hydroxylation sites is 2. The quantitative estimate of drug-likeness (QED) is 0.138. The van der Waals surface area contributed by atoms with Crippen LogP contribution in [0.5, 0.6) is 0 Å². The fraction of sp³-hybridized carbons (Fsp3) is 0.0638. The van der Waals surface area contributed by atoms with Gasteiger partial charge in [-0.15, -0.1) is 0 Å². The molecule has 49 heavy (non-hydrogen) atoms. The molecule has 7 aromatic carbocycles. The van der Waals surface area contributed by atoms with Crippen LogP contribution in [0.25, 0.3) is 27.1 Å². The van der Waals surface area contributed by atoms with Crippen LogP contribution in [0.3, 0.4) is 0 Å². The minimum Gasteiger partial charge on any atom is -0.337 e. The number of fused-ring (bicyclic) bond motifs is 2. The van der Waals surface area contributed by atoms with Gasteiger partial charge in [-0.2, -0.15) is 0 Å². The van der Waals surface area contributed by atoms with Crippen LogP contribution in [-0.2, 0) is 0 Å². The molecule has 0 aromatic heterocycles. The number of allylic oxidation sites excluding steroid dienone is 4. The molecule has 0 N–H and O–H groups in total. The summed E-state index contributed by atoms with van der Waals surface area (Å²) in [5, 5.41) is 4.90. The predicted octanol–water partition coefficient (Wildman–Crippen LogP) is 13.5. The molecule has 2 heteroatoms. The van der Waals surface area contributed by atoms with Crippen molar-refractivity contribution in [1.82, 2.24) is 0 Å². The molecule has 0 atom stereocenters. The first-order valence-electron chi connectivity index (χ1n) is 17.0. The van der Waals surface area contributed by atoms with Crippen molar-refractivity contribution >= 4 is 55.6 Å². The molecule has 0 bridgehead atoms. The summed E-state index contributed by atoms with van der Waals surface area (Å²) in [7, 11) is 0. The lowest BCUT2D eigenvalue weighted by Gasteiger charge is -2.27. The average molecular weight is 635 g/mol. The van der Waals surface area contributed by atoms with Crippen LogP contribution < -0.4 is 9.80 Å². The second-order valence-corrected chi connectivity index (χ2v) is 11.4. The molecular formula is C47H42N2. The standard InChI is InChI=1S/C45H36N2.C2H6/c1-2-16-35(21-15-34-46(39-22-5-3-6-23-39)44-28-13-19-37-17-9-11-26-42(37)44)36-30-32-41(33-31-36)47(40-24-7-4-8-25-40)45-29-14-20-38-18-10-12-27-43(38)45;1-2/h2-33H,1,34H2;1-2H3/b21-15-,35-16+;. The lowest BCUT2D eigenvalue weighted by molar-refractivity contribution is 1.10. The lowest BCUT2D eigenvalue weighted by atomic mass is 10.0. The fourth-order valence-corrected chi connectivity index (χ4v) is 6.27. The van der Waals surface area contributed by atoms with Gasteiger partial charge in [-0.3, -0.25) is 0 Å². The third kappa shape index (κ3) is 7.40. The van der Waals surface area contributed by atoms with Crippen LogP contribution >= 0.6 is 0 Å². The Hall–Kier alpha value is -6.12.